The van der Waals surface area contributed by atoms with Gasteiger partial charge in [0.25, 0.3) is 0 Å². The van der Waals surface area contributed by atoms with Gasteiger partial charge in [-0.05, 0) is 29.9 Å². The molecule has 110 valence electrons. The predicted octanol–water partition coefficient (Wildman–Crippen LogP) is 2.85. The van der Waals surface area contributed by atoms with Crippen molar-refractivity contribution in [3.8, 4) is 0 Å². The van der Waals surface area contributed by atoms with Crippen molar-refractivity contribution in [1.29, 1.82) is 0 Å². The maximum absolute atomic E-state index is 4.30. The van der Waals surface area contributed by atoms with Crippen molar-refractivity contribution in [2.75, 3.05) is 26.2 Å². The van der Waals surface area contributed by atoms with Crippen molar-refractivity contribution in [1.82, 2.24) is 15.2 Å². The molecule has 1 N–H and O–H groups in total. The van der Waals surface area contributed by atoms with Gasteiger partial charge in [-0.1, -0.05) is 32.3 Å². The molecule has 2 heterocycles. The standard InChI is InChI=1S/C17H27N3/c1-14-5-2-3-6-16(14)13-20-10-9-19-12-17(20)15-7-4-8-18-11-15/h4,7-8,11,14,16-17,19H,2-3,5-6,9-10,12-13H2,1H3. The minimum atomic E-state index is 0.506. The number of nitrogens with zero attached hydrogens (tertiary/aromatic N) is 2. The first-order valence-corrected chi connectivity index (χ1v) is 8.19. The molecule has 0 spiro atoms. The molecule has 0 radical (unpaired) electrons. The Balaban J connectivity index is 1.69. The summed E-state index contributed by atoms with van der Waals surface area (Å²) in [6.07, 6.45) is 9.62. The molecule has 0 amide bonds. The smallest absolute Gasteiger partial charge is 0.0488 e. The van der Waals surface area contributed by atoms with E-state index in [4.69, 9.17) is 0 Å². The molecule has 1 aromatic rings. The highest BCUT2D eigenvalue weighted by molar-refractivity contribution is 5.15. The van der Waals surface area contributed by atoms with Crippen LogP contribution in [0.5, 0.6) is 0 Å². The summed E-state index contributed by atoms with van der Waals surface area (Å²) in [5, 5.41) is 3.54. The molecular formula is C17H27N3. The first-order valence-electron chi connectivity index (χ1n) is 8.19. The number of piperazine rings is 1. The summed E-state index contributed by atoms with van der Waals surface area (Å²) >= 11 is 0. The van der Waals surface area contributed by atoms with Crippen LogP contribution in [0.4, 0.5) is 0 Å². The van der Waals surface area contributed by atoms with Crippen molar-refractivity contribution < 1.29 is 0 Å². The van der Waals surface area contributed by atoms with Crippen LogP contribution < -0.4 is 5.32 Å². The lowest BCUT2D eigenvalue weighted by molar-refractivity contribution is 0.102. The topological polar surface area (TPSA) is 28.2 Å². The number of hydrogen-bond donors (Lipinski definition) is 1. The summed E-state index contributed by atoms with van der Waals surface area (Å²) in [5.41, 5.74) is 1.36. The first kappa shape index (κ1) is 14.0. The molecule has 3 nitrogen and oxygen atoms in total. The van der Waals surface area contributed by atoms with Crippen molar-refractivity contribution in [3.63, 3.8) is 0 Å². The van der Waals surface area contributed by atoms with Crippen LogP contribution in [0.2, 0.25) is 0 Å². The molecule has 3 atom stereocenters. The van der Waals surface area contributed by atoms with Crippen LogP contribution in [0.3, 0.4) is 0 Å². The Hall–Kier alpha value is -0.930. The van der Waals surface area contributed by atoms with E-state index in [9.17, 15) is 0 Å². The lowest BCUT2D eigenvalue weighted by Gasteiger charge is -2.40. The fourth-order valence-electron chi connectivity index (χ4n) is 3.83. The fraction of sp³-hybridized carbons (Fsp3) is 0.706. The fourth-order valence-corrected chi connectivity index (χ4v) is 3.83. The summed E-state index contributed by atoms with van der Waals surface area (Å²) in [4.78, 5) is 7.00. The summed E-state index contributed by atoms with van der Waals surface area (Å²) in [7, 11) is 0. The number of aromatic nitrogens is 1. The van der Waals surface area contributed by atoms with Gasteiger partial charge in [-0.15, -0.1) is 0 Å². The van der Waals surface area contributed by atoms with Gasteiger partial charge in [0.15, 0.2) is 0 Å². The van der Waals surface area contributed by atoms with E-state index in [0.717, 1.165) is 24.9 Å². The van der Waals surface area contributed by atoms with Crippen LogP contribution in [0.15, 0.2) is 24.5 Å². The Morgan fingerprint density at radius 2 is 2.25 bits per heavy atom. The molecule has 3 rings (SSSR count). The number of pyridine rings is 1. The highest BCUT2D eigenvalue weighted by Gasteiger charge is 2.29. The largest absolute Gasteiger partial charge is 0.314 e. The third-order valence-electron chi connectivity index (χ3n) is 5.18. The normalized spacial score (nSPS) is 32.1. The van der Waals surface area contributed by atoms with Crippen LogP contribution in [0, 0.1) is 11.8 Å². The zero-order valence-electron chi connectivity index (χ0n) is 12.6. The molecule has 1 aliphatic carbocycles. The summed E-state index contributed by atoms with van der Waals surface area (Å²) in [6, 6.07) is 4.79. The molecule has 20 heavy (non-hydrogen) atoms. The van der Waals surface area contributed by atoms with Crippen molar-refractivity contribution in [2.45, 2.75) is 38.6 Å². The van der Waals surface area contributed by atoms with Crippen LogP contribution in [0.1, 0.15) is 44.2 Å². The quantitative estimate of drug-likeness (QED) is 0.918. The molecule has 0 aromatic carbocycles. The average molecular weight is 273 g/mol. The second kappa shape index (κ2) is 6.68. The van der Waals surface area contributed by atoms with Crippen LogP contribution >= 0.6 is 0 Å². The molecular weight excluding hydrogens is 246 g/mol. The molecule has 1 saturated carbocycles. The molecule has 1 aliphatic heterocycles. The van der Waals surface area contributed by atoms with Crippen molar-refractivity contribution in [2.24, 2.45) is 11.8 Å². The van der Waals surface area contributed by atoms with Crippen molar-refractivity contribution in [3.05, 3.63) is 30.1 Å². The van der Waals surface area contributed by atoms with Gasteiger partial charge in [0.1, 0.15) is 0 Å². The number of hydrogen-bond acceptors (Lipinski definition) is 3. The van der Waals surface area contributed by atoms with Crippen molar-refractivity contribution >= 4 is 0 Å². The molecule has 0 bridgehead atoms. The number of rotatable bonds is 3. The van der Waals surface area contributed by atoms with E-state index in [2.05, 4.69) is 34.3 Å². The van der Waals surface area contributed by atoms with Gasteiger partial charge < -0.3 is 5.32 Å². The monoisotopic (exact) mass is 273 g/mol. The van der Waals surface area contributed by atoms with E-state index >= 15 is 0 Å². The molecule has 3 unspecified atom stereocenters. The van der Waals surface area contributed by atoms with Crippen LogP contribution in [0.25, 0.3) is 0 Å². The Morgan fingerprint density at radius 1 is 1.35 bits per heavy atom. The van der Waals surface area contributed by atoms with E-state index in [1.54, 1.807) is 0 Å². The molecule has 2 fully saturated rings. The lowest BCUT2D eigenvalue weighted by atomic mass is 9.80. The summed E-state index contributed by atoms with van der Waals surface area (Å²) < 4.78 is 0. The maximum Gasteiger partial charge on any atom is 0.0488 e. The zero-order chi connectivity index (χ0) is 13.8. The minimum absolute atomic E-state index is 0.506. The Bertz CT molecular complexity index is 406. The Labute approximate surface area is 122 Å². The molecule has 1 saturated heterocycles. The highest BCUT2D eigenvalue weighted by atomic mass is 15.2. The third-order valence-corrected chi connectivity index (χ3v) is 5.18. The van der Waals surface area contributed by atoms with E-state index in [1.165, 1.54) is 44.3 Å². The average Bonchev–Trinajstić information content (AvgIpc) is 2.51. The maximum atomic E-state index is 4.30. The third kappa shape index (κ3) is 3.21. The van der Waals surface area contributed by atoms with Crippen LogP contribution in [-0.4, -0.2) is 36.1 Å². The first-order chi connectivity index (χ1) is 9.84. The highest BCUT2D eigenvalue weighted by Crippen LogP contribution is 2.32. The SMILES string of the molecule is CC1CCCCC1CN1CCNCC1c1cccnc1. The second-order valence-electron chi connectivity index (χ2n) is 6.52. The van der Waals surface area contributed by atoms with Gasteiger partial charge in [0.2, 0.25) is 0 Å². The Kier molecular flexibility index (Phi) is 4.69. The van der Waals surface area contributed by atoms with E-state index in [0.29, 0.717) is 6.04 Å². The van der Waals surface area contributed by atoms with Gasteiger partial charge in [0, 0.05) is 44.6 Å². The summed E-state index contributed by atoms with van der Waals surface area (Å²) in [6.45, 7) is 7.07. The van der Waals surface area contributed by atoms with E-state index in [-0.39, 0.29) is 0 Å². The van der Waals surface area contributed by atoms with Gasteiger partial charge in [0.05, 0.1) is 0 Å². The lowest BCUT2D eigenvalue weighted by Crippen LogP contribution is -2.48. The minimum Gasteiger partial charge on any atom is -0.314 e. The molecule has 2 aliphatic rings. The number of nitrogens with one attached hydrogen (secondary N) is 1. The Morgan fingerprint density at radius 3 is 3.05 bits per heavy atom. The van der Waals surface area contributed by atoms with Crippen LogP contribution in [-0.2, 0) is 0 Å². The molecule has 3 heteroatoms. The zero-order valence-corrected chi connectivity index (χ0v) is 12.6. The summed E-state index contributed by atoms with van der Waals surface area (Å²) in [5.74, 6) is 1.79. The molecule has 1 aromatic heterocycles. The van der Waals surface area contributed by atoms with Gasteiger partial charge in [-0.2, -0.15) is 0 Å². The van der Waals surface area contributed by atoms with Gasteiger partial charge in [-0.25, -0.2) is 0 Å². The van der Waals surface area contributed by atoms with Gasteiger partial charge in [-0.3, -0.25) is 9.88 Å². The second-order valence-corrected chi connectivity index (χ2v) is 6.52. The van der Waals surface area contributed by atoms with Gasteiger partial charge >= 0.3 is 0 Å². The van der Waals surface area contributed by atoms with E-state index < -0.39 is 0 Å². The predicted molar refractivity (Wildman–Crippen MR) is 82.5 cm³/mol. The van der Waals surface area contributed by atoms with E-state index in [1.807, 2.05) is 12.4 Å².